The van der Waals surface area contributed by atoms with Crippen LogP contribution >= 0.6 is 0 Å². The lowest BCUT2D eigenvalue weighted by Gasteiger charge is -2.24. The molecular formula is C20H22F3N5O2. The van der Waals surface area contributed by atoms with Gasteiger partial charge in [0.25, 0.3) is 5.91 Å². The maximum absolute atomic E-state index is 12.9. The minimum atomic E-state index is -4.67. The number of nitrogens with two attached hydrogens (primary N) is 1. The maximum Gasteiger partial charge on any atom is 0.433 e. The lowest BCUT2D eigenvalue weighted by Crippen LogP contribution is -2.45. The Morgan fingerprint density at radius 3 is 2.60 bits per heavy atom. The number of nitrogens with one attached hydrogen (secondary N) is 2. The largest absolute Gasteiger partial charge is 0.433 e. The summed E-state index contributed by atoms with van der Waals surface area (Å²) in [5, 5.41) is 16.1. The van der Waals surface area contributed by atoms with E-state index in [-0.39, 0.29) is 11.7 Å². The molecule has 1 saturated heterocycles. The summed E-state index contributed by atoms with van der Waals surface area (Å²) >= 11 is 0. The quantitative estimate of drug-likeness (QED) is 0.438. The molecule has 2 heterocycles. The van der Waals surface area contributed by atoms with Gasteiger partial charge < -0.3 is 21.5 Å². The zero-order valence-electron chi connectivity index (χ0n) is 16.4. The lowest BCUT2D eigenvalue weighted by atomic mass is 9.94. The summed E-state index contributed by atoms with van der Waals surface area (Å²) in [7, 11) is 0. The van der Waals surface area contributed by atoms with Gasteiger partial charge in [-0.3, -0.25) is 9.79 Å². The second-order valence-electron chi connectivity index (χ2n) is 7.54. The molecule has 2 aromatic rings. The van der Waals surface area contributed by atoms with Gasteiger partial charge in [0, 0.05) is 41.8 Å². The minimum Gasteiger partial charge on any atom is -0.398 e. The van der Waals surface area contributed by atoms with Crippen molar-refractivity contribution in [1.29, 1.82) is 0 Å². The van der Waals surface area contributed by atoms with Crippen molar-refractivity contribution in [2.75, 3.05) is 24.1 Å². The highest BCUT2D eigenvalue weighted by Gasteiger charge is 2.33. The van der Waals surface area contributed by atoms with Gasteiger partial charge in [-0.05, 0) is 38.1 Å². The first-order valence-corrected chi connectivity index (χ1v) is 9.21. The van der Waals surface area contributed by atoms with Crippen molar-refractivity contribution in [3.8, 4) is 0 Å². The molecule has 0 atom stereocenters. The Bertz CT molecular complexity index is 979. The van der Waals surface area contributed by atoms with Gasteiger partial charge in [-0.15, -0.1) is 0 Å². The first kappa shape index (κ1) is 21.7. The van der Waals surface area contributed by atoms with E-state index in [2.05, 4.69) is 20.6 Å². The molecule has 1 aliphatic heterocycles. The van der Waals surface area contributed by atoms with Crippen molar-refractivity contribution in [2.45, 2.75) is 31.7 Å². The third-order valence-electron chi connectivity index (χ3n) is 4.59. The van der Waals surface area contributed by atoms with Gasteiger partial charge in [-0.2, -0.15) is 13.2 Å². The number of benzene rings is 1. The second kappa shape index (κ2) is 8.04. The van der Waals surface area contributed by atoms with Gasteiger partial charge >= 0.3 is 6.18 Å². The summed E-state index contributed by atoms with van der Waals surface area (Å²) in [6.45, 7) is 4.52. The number of aliphatic imine (C=N–C) groups is 1. The fraction of sp³-hybridized carbons (Fsp3) is 0.350. The number of anilines is 2. The Morgan fingerprint density at radius 2 is 2.03 bits per heavy atom. The average molecular weight is 421 g/mol. The van der Waals surface area contributed by atoms with Crippen LogP contribution in [0, 0.1) is 0 Å². The molecule has 5 N–H and O–H groups in total. The topological polar surface area (TPSA) is 113 Å². The monoisotopic (exact) mass is 421 g/mol. The summed E-state index contributed by atoms with van der Waals surface area (Å²) in [5.41, 5.74) is 4.50. The number of amides is 1. The normalized spacial score (nSPS) is 15.3. The number of hydrogen-bond acceptors (Lipinski definition) is 6. The van der Waals surface area contributed by atoms with Crippen LogP contribution in [0.2, 0.25) is 0 Å². The molecule has 1 fully saturated rings. The number of pyridine rings is 1. The van der Waals surface area contributed by atoms with E-state index in [1.165, 1.54) is 32.0 Å². The van der Waals surface area contributed by atoms with Gasteiger partial charge in [0.2, 0.25) is 0 Å². The summed E-state index contributed by atoms with van der Waals surface area (Å²) < 4.78 is 38.7. The first-order valence-electron chi connectivity index (χ1n) is 9.21. The van der Waals surface area contributed by atoms with Gasteiger partial charge in [0.1, 0.15) is 11.4 Å². The minimum absolute atomic E-state index is 0.130. The van der Waals surface area contributed by atoms with Crippen molar-refractivity contribution < 1.29 is 23.1 Å². The summed E-state index contributed by atoms with van der Waals surface area (Å²) in [6.07, 6.45) is -3.09. The highest BCUT2D eigenvalue weighted by Crippen LogP contribution is 2.32. The SMILES string of the molecule is CC(C)(O)c1cc(N)c(C=NC2CNC2)cc1NC(=O)c1cccc(C(F)(F)F)n1. The smallest absolute Gasteiger partial charge is 0.398 e. The Balaban J connectivity index is 1.94. The number of carbonyl (C=O) groups is 1. The summed E-state index contributed by atoms with van der Waals surface area (Å²) in [4.78, 5) is 20.4. The van der Waals surface area contributed by atoms with Crippen LogP contribution in [0.4, 0.5) is 24.5 Å². The van der Waals surface area contributed by atoms with E-state index in [0.717, 1.165) is 25.2 Å². The molecule has 1 aliphatic rings. The molecular weight excluding hydrogens is 399 g/mol. The molecule has 0 unspecified atom stereocenters. The van der Waals surface area contributed by atoms with Crippen LogP contribution < -0.4 is 16.4 Å². The predicted octanol–water partition coefficient (Wildman–Crippen LogP) is 2.55. The number of aromatic nitrogens is 1. The van der Waals surface area contributed by atoms with Crippen molar-refractivity contribution in [3.05, 3.63) is 52.8 Å². The average Bonchev–Trinajstić information content (AvgIpc) is 2.61. The molecule has 0 spiro atoms. The number of carbonyl (C=O) groups excluding carboxylic acids is 1. The Kier molecular flexibility index (Phi) is 5.82. The number of alkyl halides is 3. The molecule has 0 aliphatic carbocycles. The number of aliphatic hydroxyl groups is 1. The molecule has 0 saturated carbocycles. The van der Waals surface area contributed by atoms with E-state index in [1.807, 2.05) is 0 Å². The molecule has 7 nitrogen and oxygen atoms in total. The third kappa shape index (κ3) is 4.95. The molecule has 160 valence electrons. The number of hydrogen-bond donors (Lipinski definition) is 4. The molecule has 0 bridgehead atoms. The molecule has 10 heteroatoms. The third-order valence-corrected chi connectivity index (χ3v) is 4.59. The van der Waals surface area contributed by atoms with Crippen LogP contribution in [0.25, 0.3) is 0 Å². The zero-order valence-corrected chi connectivity index (χ0v) is 16.4. The molecule has 1 aromatic carbocycles. The predicted molar refractivity (Wildman–Crippen MR) is 108 cm³/mol. The van der Waals surface area contributed by atoms with E-state index in [9.17, 15) is 23.1 Å². The standard InChI is InChI=1S/C20H22F3N5O2/c1-19(2,30)13-7-14(24)11(8-26-12-9-25-10-12)6-16(13)28-18(29)15-4-3-5-17(27-15)20(21,22)23/h3-8,12,25,30H,9-10,24H2,1-2H3,(H,28,29). The Morgan fingerprint density at radius 1 is 1.33 bits per heavy atom. The zero-order chi connectivity index (χ0) is 22.1. The van der Waals surface area contributed by atoms with E-state index in [4.69, 9.17) is 5.73 Å². The fourth-order valence-electron chi connectivity index (χ4n) is 2.82. The number of nitrogen functional groups attached to an aromatic ring is 1. The van der Waals surface area contributed by atoms with Crippen molar-refractivity contribution in [3.63, 3.8) is 0 Å². The van der Waals surface area contributed by atoms with Crippen LogP contribution in [0.15, 0.2) is 35.3 Å². The van der Waals surface area contributed by atoms with Gasteiger partial charge in [0.05, 0.1) is 11.6 Å². The maximum atomic E-state index is 12.9. The van der Waals surface area contributed by atoms with E-state index >= 15 is 0 Å². The van der Waals surface area contributed by atoms with Gasteiger partial charge in [0.15, 0.2) is 0 Å². The van der Waals surface area contributed by atoms with E-state index < -0.39 is 29.1 Å². The molecule has 1 amide bonds. The highest BCUT2D eigenvalue weighted by molar-refractivity contribution is 6.04. The molecule has 30 heavy (non-hydrogen) atoms. The highest BCUT2D eigenvalue weighted by atomic mass is 19.4. The first-order chi connectivity index (χ1) is 13.9. The number of halogens is 3. The van der Waals surface area contributed by atoms with E-state index in [1.54, 1.807) is 6.21 Å². The van der Waals surface area contributed by atoms with Gasteiger partial charge in [-0.25, -0.2) is 4.98 Å². The van der Waals surface area contributed by atoms with Crippen LogP contribution in [0.5, 0.6) is 0 Å². The molecule has 1 aromatic heterocycles. The number of rotatable bonds is 5. The van der Waals surface area contributed by atoms with Crippen LogP contribution in [-0.4, -0.2) is 41.3 Å². The molecule has 0 radical (unpaired) electrons. The lowest BCUT2D eigenvalue weighted by molar-refractivity contribution is -0.141. The molecule has 3 rings (SSSR count). The Hall–Kier alpha value is -2.98. The van der Waals surface area contributed by atoms with E-state index in [0.29, 0.717) is 16.8 Å². The summed E-state index contributed by atoms with van der Waals surface area (Å²) in [6, 6.07) is 6.24. The van der Waals surface area contributed by atoms with Crippen molar-refractivity contribution in [1.82, 2.24) is 10.3 Å². The number of nitrogens with zero attached hydrogens (tertiary/aromatic N) is 2. The fourth-order valence-corrected chi connectivity index (χ4v) is 2.82. The van der Waals surface area contributed by atoms with Gasteiger partial charge in [-0.1, -0.05) is 6.07 Å². The Labute approximate surface area is 171 Å². The van der Waals surface area contributed by atoms with Crippen LogP contribution in [0.3, 0.4) is 0 Å². The summed E-state index contributed by atoms with van der Waals surface area (Å²) in [5.74, 6) is -0.845. The van der Waals surface area contributed by atoms with Crippen molar-refractivity contribution in [2.24, 2.45) is 4.99 Å². The van der Waals surface area contributed by atoms with Crippen molar-refractivity contribution >= 4 is 23.5 Å². The van der Waals surface area contributed by atoms with Crippen LogP contribution in [0.1, 0.15) is 41.2 Å². The second-order valence-corrected chi connectivity index (χ2v) is 7.54. The van der Waals surface area contributed by atoms with Crippen LogP contribution in [-0.2, 0) is 11.8 Å².